The van der Waals surface area contributed by atoms with Crippen LogP contribution < -0.4 is 0 Å². The van der Waals surface area contributed by atoms with E-state index in [0.717, 1.165) is 0 Å². The molecule has 0 radical (unpaired) electrons. The molecule has 0 saturated carbocycles. The number of rotatable bonds is 6. The highest BCUT2D eigenvalue weighted by atomic mass is 16.7. The minimum absolute atomic E-state index is 0.144. The summed E-state index contributed by atoms with van der Waals surface area (Å²) in [6.45, 7) is 19.7. The van der Waals surface area contributed by atoms with Crippen LogP contribution in [0.3, 0.4) is 0 Å². The summed E-state index contributed by atoms with van der Waals surface area (Å²) < 4.78 is 37.4. The smallest absolute Gasteiger partial charge is 0.311 e. The van der Waals surface area contributed by atoms with Crippen molar-refractivity contribution < 1.29 is 58.8 Å². The van der Waals surface area contributed by atoms with E-state index in [0.29, 0.717) is 19.3 Å². The van der Waals surface area contributed by atoms with Crippen molar-refractivity contribution in [2.45, 2.75) is 181 Å². The highest BCUT2D eigenvalue weighted by molar-refractivity contribution is 5.88. The van der Waals surface area contributed by atoms with E-state index >= 15 is 0 Å². The van der Waals surface area contributed by atoms with Crippen LogP contribution in [0.15, 0.2) is 5.16 Å². The summed E-state index contributed by atoms with van der Waals surface area (Å²) in [7, 11) is 1.52. The Morgan fingerprint density at radius 1 is 0.898 bits per heavy atom. The monoisotopic (exact) mass is 703 g/mol. The number of methoxy groups -OCH3 is 1. The number of oxime groups is 1. The number of nitrogens with zero attached hydrogens (tertiary/aromatic N) is 1. The molecule has 3 aliphatic heterocycles. The Hall–Kier alpha value is -1.42. The molecular weight excluding hydrogens is 638 g/mol. The largest absolute Gasteiger partial charge is 0.459 e. The van der Waals surface area contributed by atoms with Crippen LogP contribution >= 0.6 is 0 Å². The fraction of sp³-hybridized carbons (Fsp3) is 0.944. The van der Waals surface area contributed by atoms with Gasteiger partial charge in [0.2, 0.25) is 0 Å². The number of carbonyl (C=O) groups is 1. The molecular formula is C36H65NO12. The second-order valence-electron chi connectivity index (χ2n) is 16.1. The fourth-order valence-electron chi connectivity index (χ4n) is 8.36. The first-order chi connectivity index (χ1) is 22.6. The minimum Gasteiger partial charge on any atom is -0.459 e. The third-order valence-corrected chi connectivity index (χ3v) is 11.5. The zero-order valence-electron chi connectivity index (χ0n) is 31.7. The lowest BCUT2D eigenvalue weighted by Gasteiger charge is -2.49. The third-order valence-electron chi connectivity index (χ3n) is 11.5. The molecule has 3 rings (SSSR count). The standard InChI is InChI=1S/C36H65NO12/c1-13-25-36(11,42)29(39)20(4)27(37-43)18(2)16-34(8,9)31(49-33-24(38)15-14-19(3)45-33)21(5)28(22(6)32(41)47-25)48-26-17-35(10,44-12)30(40)23(7)46-26/h18-26,28-31,33,38-40,42-43H,13-17H2,1-12H3/b37-27+/t18-,19-,20+,21+,22-,23+,24-,25-,26?,28+,29-,30+,31-,33?,35-,36-/m1/s1. The van der Waals surface area contributed by atoms with Crippen molar-refractivity contribution in [1.29, 1.82) is 0 Å². The molecule has 0 amide bonds. The molecule has 286 valence electrons. The van der Waals surface area contributed by atoms with Gasteiger partial charge in [0.15, 0.2) is 12.6 Å². The summed E-state index contributed by atoms with van der Waals surface area (Å²) in [4.78, 5) is 14.1. The summed E-state index contributed by atoms with van der Waals surface area (Å²) >= 11 is 0. The number of carbonyl (C=O) groups excluding carboxylic acids is 1. The van der Waals surface area contributed by atoms with Gasteiger partial charge in [-0.25, -0.2) is 0 Å². The van der Waals surface area contributed by atoms with E-state index in [4.69, 9.17) is 28.4 Å². The summed E-state index contributed by atoms with van der Waals surface area (Å²) in [6, 6.07) is 0. The minimum atomic E-state index is -1.89. The number of hydrogen-bond donors (Lipinski definition) is 5. The van der Waals surface area contributed by atoms with Crippen LogP contribution in [-0.2, 0) is 33.2 Å². The lowest BCUT2D eigenvalue weighted by Crippen LogP contribution is -2.59. The third kappa shape index (κ3) is 9.15. The van der Waals surface area contributed by atoms with Gasteiger partial charge in [-0.05, 0) is 71.6 Å². The zero-order valence-corrected chi connectivity index (χ0v) is 31.7. The fourth-order valence-corrected chi connectivity index (χ4v) is 8.36. The van der Waals surface area contributed by atoms with E-state index in [1.54, 1.807) is 34.6 Å². The van der Waals surface area contributed by atoms with Crippen LogP contribution in [0, 0.1) is 29.1 Å². The zero-order chi connectivity index (χ0) is 37.2. The van der Waals surface area contributed by atoms with Gasteiger partial charge in [0.05, 0.1) is 47.8 Å². The molecule has 0 aromatic carbocycles. The Morgan fingerprint density at radius 2 is 1.53 bits per heavy atom. The molecule has 13 heteroatoms. The molecule has 0 aromatic heterocycles. The highest BCUT2D eigenvalue weighted by Crippen LogP contribution is 2.43. The van der Waals surface area contributed by atoms with Gasteiger partial charge in [-0.1, -0.05) is 46.7 Å². The molecule has 2 unspecified atom stereocenters. The van der Waals surface area contributed by atoms with Crippen molar-refractivity contribution in [3.8, 4) is 0 Å². The first-order valence-electron chi connectivity index (χ1n) is 18.0. The first-order valence-corrected chi connectivity index (χ1v) is 18.0. The van der Waals surface area contributed by atoms with Gasteiger partial charge in [0, 0.05) is 25.4 Å². The number of cyclic esters (lactones) is 1. The summed E-state index contributed by atoms with van der Waals surface area (Å²) in [5.41, 5.74) is -3.34. The number of ether oxygens (including phenoxy) is 6. The Balaban J connectivity index is 2.18. The summed E-state index contributed by atoms with van der Waals surface area (Å²) in [5.74, 6) is -3.35. The number of hydrogen-bond acceptors (Lipinski definition) is 13. The van der Waals surface area contributed by atoms with Gasteiger partial charge >= 0.3 is 5.97 Å². The van der Waals surface area contributed by atoms with E-state index in [-0.39, 0.29) is 24.7 Å². The average Bonchev–Trinajstić information content (AvgIpc) is 3.03. The molecule has 0 spiro atoms. The molecule has 3 saturated heterocycles. The van der Waals surface area contributed by atoms with Crippen LogP contribution in [0.5, 0.6) is 0 Å². The average molecular weight is 704 g/mol. The van der Waals surface area contributed by atoms with E-state index < -0.39 is 102 Å². The van der Waals surface area contributed by atoms with Gasteiger partial charge < -0.3 is 54.1 Å². The van der Waals surface area contributed by atoms with Crippen molar-refractivity contribution in [1.82, 2.24) is 0 Å². The van der Waals surface area contributed by atoms with Crippen molar-refractivity contribution in [2.24, 2.45) is 34.2 Å². The SMILES string of the molecule is CC[C@H]1OC(=O)[C@H](C)[C@@H](OC2C[C@@](C)(OC)[C@@H](O)[C@H](C)O2)[C@H](C)[C@@H](OC2O[C@H](C)CC[C@H]2O)C(C)(C)C[C@@H](C)/C(=N\O)[C@H](C)[C@@H](O)[C@]1(C)O. The van der Waals surface area contributed by atoms with Crippen molar-refractivity contribution in [3.63, 3.8) is 0 Å². The first kappa shape index (κ1) is 42.0. The summed E-state index contributed by atoms with van der Waals surface area (Å²) in [6.07, 6.45) is -6.65. The molecule has 3 aliphatic rings. The van der Waals surface area contributed by atoms with Crippen molar-refractivity contribution >= 4 is 11.7 Å². The summed E-state index contributed by atoms with van der Waals surface area (Å²) in [5, 5.41) is 58.9. The molecule has 49 heavy (non-hydrogen) atoms. The molecule has 13 nitrogen and oxygen atoms in total. The lowest BCUT2D eigenvalue weighted by molar-refractivity contribution is -0.310. The normalized spacial score (nSPS) is 48.5. The quantitative estimate of drug-likeness (QED) is 0.153. The van der Waals surface area contributed by atoms with Crippen LogP contribution in [0.1, 0.15) is 108 Å². The van der Waals surface area contributed by atoms with Gasteiger partial charge in [0.25, 0.3) is 0 Å². The van der Waals surface area contributed by atoms with Crippen molar-refractivity contribution in [2.75, 3.05) is 7.11 Å². The Labute approximate surface area is 292 Å². The second-order valence-corrected chi connectivity index (χ2v) is 16.1. The maximum atomic E-state index is 14.1. The number of esters is 1. The van der Waals surface area contributed by atoms with Gasteiger partial charge in [-0.3, -0.25) is 4.79 Å². The Morgan fingerprint density at radius 3 is 2.10 bits per heavy atom. The van der Waals surface area contributed by atoms with E-state index in [9.17, 15) is 30.4 Å². The van der Waals surface area contributed by atoms with Gasteiger partial charge in [-0.15, -0.1) is 0 Å². The molecule has 0 bridgehead atoms. The molecule has 3 heterocycles. The van der Waals surface area contributed by atoms with Crippen molar-refractivity contribution in [3.05, 3.63) is 0 Å². The van der Waals surface area contributed by atoms with Crippen LogP contribution in [0.4, 0.5) is 0 Å². The maximum absolute atomic E-state index is 14.1. The predicted molar refractivity (Wildman–Crippen MR) is 181 cm³/mol. The lowest BCUT2D eigenvalue weighted by atomic mass is 9.69. The maximum Gasteiger partial charge on any atom is 0.311 e. The van der Waals surface area contributed by atoms with E-state index in [1.807, 2.05) is 34.6 Å². The second kappa shape index (κ2) is 16.5. The van der Waals surface area contributed by atoms with Crippen LogP contribution in [0.25, 0.3) is 0 Å². The molecule has 5 N–H and O–H groups in total. The van der Waals surface area contributed by atoms with E-state index in [2.05, 4.69) is 5.16 Å². The topological polar surface area (TPSA) is 186 Å². The Kier molecular flexibility index (Phi) is 14.1. The van der Waals surface area contributed by atoms with E-state index in [1.165, 1.54) is 14.0 Å². The highest BCUT2D eigenvalue weighted by Gasteiger charge is 2.52. The molecule has 16 atom stereocenters. The van der Waals surface area contributed by atoms with Crippen LogP contribution in [0.2, 0.25) is 0 Å². The van der Waals surface area contributed by atoms with Gasteiger partial charge in [0.1, 0.15) is 23.9 Å². The Bertz CT molecular complexity index is 1120. The predicted octanol–water partition coefficient (Wildman–Crippen LogP) is 3.78. The molecule has 0 aliphatic carbocycles. The van der Waals surface area contributed by atoms with Gasteiger partial charge in [-0.2, -0.15) is 0 Å². The van der Waals surface area contributed by atoms with Crippen LogP contribution in [-0.4, -0.2) is 117 Å². The number of aliphatic hydroxyl groups excluding tert-OH is 3. The molecule has 0 aromatic rings. The number of aliphatic hydroxyl groups is 4. The molecule has 3 fully saturated rings.